The smallest absolute Gasteiger partial charge is 0.262 e. The van der Waals surface area contributed by atoms with E-state index in [1.54, 1.807) is 28.0 Å². The van der Waals surface area contributed by atoms with Crippen molar-refractivity contribution in [3.63, 3.8) is 0 Å². The van der Waals surface area contributed by atoms with Crippen LogP contribution in [0.1, 0.15) is 28.2 Å². The number of aromatic hydroxyl groups is 1. The molecule has 0 bridgehead atoms. The van der Waals surface area contributed by atoms with Gasteiger partial charge >= 0.3 is 0 Å². The highest BCUT2D eigenvalue weighted by Gasteiger charge is 2.23. The average Bonchev–Trinajstić information content (AvgIpc) is 3.12. The molecule has 2 aromatic heterocycles. The van der Waals surface area contributed by atoms with Crippen molar-refractivity contribution in [2.75, 3.05) is 7.11 Å². The molecular weight excluding hydrogens is 416 g/mol. The third-order valence-corrected chi connectivity index (χ3v) is 6.60. The fraction of sp³-hybridized carbons (Fsp3) is 0.263. The Balaban J connectivity index is 1.90. The van der Waals surface area contributed by atoms with Gasteiger partial charge in [0.2, 0.25) is 0 Å². The van der Waals surface area contributed by atoms with Gasteiger partial charge in [-0.1, -0.05) is 15.9 Å². The molecule has 1 N–H and O–H groups in total. The molecule has 0 unspecified atom stereocenters. The Morgan fingerprint density at radius 2 is 2.15 bits per heavy atom. The van der Waals surface area contributed by atoms with Gasteiger partial charge in [-0.25, -0.2) is 4.98 Å². The molecule has 0 amide bonds. The van der Waals surface area contributed by atoms with Crippen LogP contribution in [0.15, 0.2) is 21.4 Å². The number of thiophene rings is 1. The molecule has 0 spiro atoms. The van der Waals surface area contributed by atoms with Crippen LogP contribution in [0.25, 0.3) is 21.9 Å². The number of hydrogen-bond acceptors (Lipinski definition) is 5. The van der Waals surface area contributed by atoms with Crippen LogP contribution in [0, 0.1) is 13.8 Å². The van der Waals surface area contributed by atoms with Crippen molar-refractivity contribution >= 4 is 49.1 Å². The molecular formula is C19H17BrN2O3S. The molecule has 26 heavy (non-hydrogen) atoms. The lowest BCUT2D eigenvalue weighted by molar-refractivity contribution is 0.373. The second kappa shape index (κ2) is 6.25. The zero-order valence-electron chi connectivity index (χ0n) is 14.6. The number of methoxy groups -OCH3 is 1. The van der Waals surface area contributed by atoms with Crippen LogP contribution in [0.5, 0.6) is 11.5 Å². The number of aromatic nitrogens is 2. The number of hydrogen-bond donors (Lipinski definition) is 1. The van der Waals surface area contributed by atoms with E-state index in [0.29, 0.717) is 12.3 Å². The third-order valence-electron chi connectivity index (χ3n) is 4.81. The first-order valence-electron chi connectivity index (χ1n) is 8.18. The van der Waals surface area contributed by atoms with E-state index >= 15 is 0 Å². The number of benzene rings is 1. The number of phenols is 1. The average molecular weight is 433 g/mol. The molecule has 5 nitrogen and oxygen atoms in total. The summed E-state index contributed by atoms with van der Waals surface area (Å²) in [6.45, 7) is 4.63. The number of halogens is 1. The lowest BCUT2D eigenvalue weighted by Gasteiger charge is -2.08. The number of allylic oxidation sites excluding steroid dienone is 1. The first-order valence-corrected chi connectivity index (χ1v) is 9.79. The van der Waals surface area contributed by atoms with E-state index in [1.165, 1.54) is 7.11 Å². The van der Waals surface area contributed by atoms with Crippen molar-refractivity contribution in [1.82, 2.24) is 9.55 Å². The van der Waals surface area contributed by atoms with Crippen molar-refractivity contribution < 1.29 is 9.84 Å². The standard InChI is InChI=1S/C19H17BrN2O3S/c1-9-10(2)26-18-16(9)19(24)22-5-4-11(17(22)21-18)6-12-7-15(25-3)14(23)8-13(12)20/h6-8,23H,4-5H2,1-3H3. The number of ether oxygens (including phenoxy) is 1. The molecule has 134 valence electrons. The van der Waals surface area contributed by atoms with Gasteiger partial charge < -0.3 is 9.84 Å². The van der Waals surface area contributed by atoms with E-state index in [-0.39, 0.29) is 11.3 Å². The van der Waals surface area contributed by atoms with Crippen LogP contribution in [-0.4, -0.2) is 21.8 Å². The van der Waals surface area contributed by atoms with E-state index in [0.717, 1.165) is 48.5 Å². The molecule has 0 fully saturated rings. The van der Waals surface area contributed by atoms with Crippen LogP contribution >= 0.6 is 27.3 Å². The van der Waals surface area contributed by atoms with Gasteiger partial charge in [-0.3, -0.25) is 9.36 Å². The highest BCUT2D eigenvalue weighted by atomic mass is 79.9. The quantitative estimate of drug-likeness (QED) is 0.647. The van der Waals surface area contributed by atoms with Gasteiger partial charge in [-0.05, 0) is 55.2 Å². The maximum absolute atomic E-state index is 12.9. The lowest BCUT2D eigenvalue weighted by Crippen LogP contribution is -2.20. The predicted octanol–water partition coefficient (Wildman–Crippen LogP) is 4.50. The molecule has 0 saturated heterocycles. The van der Waals surface area contributed by atoms with Crippen molar-refractivity contribution in [2.24, 2.45) is 0 Å². The summed E-state index contributed by atoms with van der Waals surface area (Å²) in [5.74, 6) is 1.21. The van der Waals surface area contributed by atoms with E-state index in [1.807, 2.05) is 19.9 Å². The van der Waals surface area contributed by atoms with Crippen LogP contribution in [0.3, 0.4) is 0 Å². The van der Waals surface area contributed by atoms with Crippen LogP contribution in [-0.2, 0) is 6.54 Å². The molecule has 0 radical (unpaired) electrons. The van der Waals surface area contributed by atoms with Crippen LogP contribution in [0.4, 0.5) is 0 Å². The van der Waals surface area contributed by atoms with Gasteiger partial charge in [0.15, 0.2) is 11.5 Å². The molecule has 3 aromatic rings. The molecule has 0 saturated carbocycles. The minimum absolute atomic E-state index is 0.0394. The zero-order chi connectivity index (χ0) is 18.6. The van der Waals surface area contributed by atoms with Crippen LogP contribution in [0.2, 0.25) is 0 Å². The lowest BCUT2D eigenvalue weighted by atomic mass is 10.1. The number of nitrogens with zero attached hydrogens (tertiary/aromatic N) is 2. The van der Waals surface area contributed by atoms with Gasteiger partial charge in [0, 0.05) is 15.9 Å². The monoisotopic (exact) mass is 432 g/mol. The summed E-state index contributed by atoms with van der Waals surface area (Å²) >= 11 is 5.04. The molecule has 1 aliphatic rings. The Labute approximate surface area is 162 Å². The van der Waals surface area contributed by atoms with Gasteiger partial charge in [0.25, 0.3) is 5.56 Å². The summed E-state index contributed by atoms with van der Waals surface area (Å²) in [6, 6.07) is 3.38. The molecule has 7 heteroatoms. The summed E-state index contributed by atoms with van der Waals surface area (Å²) in [6.07, 6.45) is 2.74. The highest BCUT2D eigenvalue weighted by Crippen LogP contribution is 2.36. The summed E-state index contributed by atoms with van der Waals surface area (Å²) < 4.78 is 7.72. The SMILES string of the molecule is COc1cc(C=C2CCn3c2nc2sc(C)c(C)c2c3=O)c(Br)cc1O. The van der Waals surface area contributed by atoms with Gasteiger partial charge in [0.1, 0.15) is 10.7 Å². The minimum Gasteiger partial charge on any atom is -0.504 e. The number of fused-ring (bicyclic) bond motifs is 2. The number of rotatable bonds is 2. The van der Waals surface area contributed by atoms with Crippen molar-refractivity contribution in [2.45, 2.75) is 26.8 Å². The maximum atomic E-state index is 12.9. The van der Waals surface area contributed by atoms with Gasteiger partial charge in [-0.15, -0.1) is 11.3 Å². The molecule has 0 aliphatic carbocycles. The highest BCUT2D eigenvalue weighted by molar-refractivity contribution is 9.10. The van der Waals surface area contributed by atoms with E-state index < -0.39 is 0 Å². The maximum Gasteiger partial charge on any atom is 0.262 e. The van der Waals surface area contributed by atoms with Crippen molar-refractivity contribution in [3.8, 4) is 11.5 Å². The summed E-state index contributed by atoms with van der Waals surface area (Å²) in [4.78, 5) is 19.6. The van der Waals surface area contributed by atoms with Crippen LogP contribution < -0.4 is 10.3 Å². The topological polar surface area (TPSA) is 64.4 Å². The van der Waals surface area contributed by atoms with Crippen molar-refractivity contribution in [3.05, 3.63) is 48.8 Å². The fourth-order valence-corrected chi connectivity index (χ4v) is 4.75. The second-order valence-electron chi connectivity index (χ2n) is 6.32. The van der Waals surface area contributed by atoms with E-state index in [2.05, 4.69) is 15.9 Å². The first kappa shape index (κ1) is 17.3. The summed E-state index contributed by atoms with van der Waals surface area (Å²) in [7, 11) is 1.52. The first-order chi connectivity index (χ1) is 12.4. The Morgan fingerprint density at radius 1 is 1.38 bits per heavy atom. The largest absolute Gasteiger partial charge is 0.504 e. The van der Waals surface area contributed by atoms with Gasteiger partial charge in [-0.2, -0.15) is 0 Å². The van der Waals surface area contributed by atoms with E-state index in [4.69, 9.17) is 9.72 Å². The normalized spacial score (nSPS) is 15.0. The van der Waals surface area contributed by atoms with Gasteiger partial charge in [0.05, 0.1) is 12.5 Å². The minimum atomic E-state index is 0.0394. The zero-order valence-corrected chi connectivity index (χ0v) is 17.0. The van der Waals surface area contributed by atoms with E-state index in [9.17, 15) is 9.90 Å². The van der Waals surface area contributed by atoms with Crippen molar-refractivity contribution in [1.29, 1.82) is 0 Å². The molecule has 4 rings (SSSR count). The Bertz CT molecular complexity index is 1140. The second-order valence-corrected chi connectivity index (χ2v) is 8.38. The molecule has 3 heterocycles. The fourth-order valence-electron chi connectivity index (χ4n) is 3.28. The molecule has 0 atom stereocenters. The Kier molecular flexibility index (Phi) is 4.16. The Morgan fingerprint density at radius 3 is 2.88 bits per heavy atom. The summed E-state index contributed by atoms with van der Waals surface area (Å²) in [5, 5.41) is 10.6. The predicted molar refractivity (Wildman–Crippen MR) is 108 cm³/mol. The summed E-state index contributed by atoms with van der Waals surface area (Å²) in [5.41, 5.74) is 2.94. The Hall–Kier alpha value is -2.12. The number of aryl methyl sites for hydroxylation is 2. The molecule has 1 aliphatic heterocycles. The number of phenolic OH excluding ortho intramolecular Hbond substituents is 1. The third kappa shape index (κ3) is 2.57. The molecule has 1 aromatic carbocycles.